The monoisotopic (exact) mass is 341 g/mol. The predicted octanol–water partition coefficient (Wildman–Crippen LogP) is 2.54. The fraction of sp³-hybridized carbons (Fsp3) is 0.474. The van der Waals surface area contributed by atoms with Crippen molar-refractivity contribution in [3.8, 4) is 0 Å². The first-order valence-electron chi connectivity index (χ1n) is 8.83. The number of piperidine rings is 1. The highest BCUT2D eigenvalue weighted by molar-refractivity contribution is 5.90. The zero-order valence-corrected chi connectivity index (χ0v) is 14.1. The van der Waals surface area contributed by atoms with Gasteiger partial charge in [-0.25, -0.2) is 0 Å². The molecule has 0 aliphatic carbocycles. The lowest BCUT2D eigenvalue weighted by molar-refractivity contribution is -0.118. The van der Waals surface area contributed by atoms with Crippen molar-refractivity contribution in [3.05, 3.63) is 48.7 Å². The van der Waals surface area contributed by atoms with Gasteiger partial charge in [-0.3, -0.25) is 14.7 Å². The van der Waals surface area contributed by atoms with Crippen LogP contribution in [0.1, 0.15) is 18.4 Å². The Balaban J connectivity index is 1.29. The third-order valence-electron chi connectivity index (χ3n) is 5.20. The number of pyridine rings is 1. The number of nitrogens with zero attached hydrogens (tertiary/aromatic N) is 2. The van der Waals surface area contributed by atoms with Crippen LogP contribution in [0.25, 0.3) is 0 Å². The van der Waals surface area contributed by atoms with E-state index in [-0.39, 0.29) is 12.0 Å². The molecule has 3 atom stereocenters. The summed E-state index contributed by atoms with van der Waals surface area (Å²) < 4.78 is 11.1. The van der Waals surface area contributed by atoms with Crippen LogP contribution in [0.5, 0.6) is 0 Å². The molecule has 132 valence electrons. The molecule has 1 amide bonds. The summed E-state index contributed by atoms with van der Waals surface area (Å²) in [5.41, 5.74) is 1.95. The zero-order valence-electron chi connectivity index (χ0n) is 14.1. The number of aromatic nitrogens is 1. The Morgan fingerprint density at radius 2 is 2.36 bits per heavy atom. The van der Waals surface area contributed by atoms with E-state index in [0.29, 0.717) is 18.3 Å². The second kappa shape index (κ2) is 7.37. The summed E-state index contributed by atoms with van der Waals surface area (Å²) >= 11 is 0. The molecule has 4 heterocycles. The minimum absolute atomic E-state index is 0.000485. The summed E-state index contributed by atoms with van der Waals surface area (Å²) in [6, 6.07) is 5.67. The van der Waals surface area contributed by atoms with Crippen LogP contribution >= 0.6 is 0 Å². The van der Waals surface area contributed by atoms with E-state index in [1.807, 2.05) is 24.5 Å². The topological polar surface area (TPSA) is 67.6 Å². The van der Waals surface area contributed by atoms with Crippen molar-refractivity contribution in [2.24, 2.45) is 11.8 Å². The van der Waals surface area contributed by atoms with Crippen LogP contribution in [-0.4, -0.2) is 41.6 Å². The Bertz CT molecular complexity index is 689. The van der Waals surface area contributed by atoms with Gasteiger partial charge in [-0.05, 0) is 37.1 Å². The number of carbonyl (C=O) groups is 1. The first-order valence-corrected chi connectivity index (χ1v) is 8.83. The van der Waals surface area contributed by atoms with Gasteiger partial charge in [0.25, 0.3) is 0 Å². The number of carbonyl (C=O) groups excluding carboxylic acids is 1. The van der Waals surface area contributed by atoms with Crippen LogP contribution in [0.3, 0.4) is 0 Å². The maximum absolute atomic E-state index is 12.3. The van der Waals surface area contributed by atoms with E-state index in [4.69, 9.17) is 9.15 Å². The molecule has 2 aliphatic rings. The molecule has 0 aromatic carbocycles. The van der Waals surface area contributed by atoms with E-state index in [9.17, 15) is 4.79 Å². The van der Waals surface area contributed by atoms with Crippen molar-refractivity contribution in [3.63, 3.8) is 0 Å². The number of fused-ring (bicyclic) bond motifs is 1. The van der Waals surface area contributed by atoms with Crippen molar-refractivity contribution in [2.45, 2.75) is 25.5 Å². The van der Waals surface area contributed by atoms with E-state index in [1.54, 1.807) is 18.7 Å². The van der Waals surface area contributed by atoms with Crippen molar-refractivity contribution in [1.82, 2.24) is 9.88 Å². The van der Waals surface area contributed by atoms with Gasteiger partial charge in [-0.15, -0.1) is 0 Å². The summed E-state index contributed by atoms with van der Waals surface area (Å²) in [5, 5.41) is 2.90. The van der Waals surface area contributed by atoms with E-state index in [1.165, 1.54) is 5.56 Å². The Kier molecular flexibility index (Phi) is 4.81. The van der Waals surface area contributed by atoms with Gasteiger partial charge in [-0.2, -0.15) is 0 Å². The van der Waals surface area contributed by atoms with Crippen LogP contribution in [0.4, 0.5) is 5.69 Å². The molecule has 1 N–H and O–H groups in total. The Hall–Kier alpha value is -2.18. The van der Waals surface area contributed by atoms with Gasteiger partial charge in [0, 0.05) is 30.8 Å². The minimum atomic E-state index is -0.000485. The predicted molar refractivity (Wildman–Crippen MR) is 92.8 cm³/mol. The van der Waals surface area contributed by atoms with Crippen LogP contribution < -0.4 is 5.32 Å². The van der Waals surface area contributed by atoms with Gasteiger partial charge in [0.15, 0.2) is 0 Å². The largest absolute Gasteiger partial charge is 0.472 e. The molecular formula is C19H23N3O3. The lowest BCUT2D eigenvalue weighted by atomic mass is 9.83. The van der Waals surface area contributed by atoms with Gasteiger partial charge in [0.2, 0.25) is 5.91 Å². The average Bonchev–Trinajstić information content (AvgIpc) is 3.26. The fourth-order valence-electron chi connectivity index (χ4n) is 3.99. The molecule has 2 fully saturated rings. The molecule has 25 heavy (non-hydrogen) atoms. The normalized spacial score (nSPS) is 26.3. The Labute approximate surface area is 147 Å². The van der Waals surface area contributed by atoms with Crippen LogP contribution in [0.2, 0.25) is 0 Å². The zero-order chi connectivity index (χ0) is 17.1. The minimum Gasteiger partial charge on any atom is -0.472 e. The standard InChI is InChI=1S/C19H23N3O3/c23-19(21-16-2-1-5-20-9-16)8-18-17-3-6-22(11-15(17)13-25-18)10-14-4-7-24-12-14/h1-2,4-5,7,9,12,15,17-18H,3,6,8,10-11,13H2,(H,21,23)/t15-,17-,18+/m1/s1. The van der Waals surface area contributed by atoms with E-state index in [2.05, 4.69) is 15.2 Å². The molecular weight excluding hydrogens is 318 g/mol. The Morgan fingerprint density at radius 1 is 1.40 bits per heavy atom. The Morgan fingerprint density at radius 3 is 3.16 bits per heavy atom. The molecule has 0 bridgehead atoms. The molecule has 0 unspecified atom stereocenters. The maximum atomic E-state index is 12.3. The maximum Gasteiger partial charge on any atom is 0.227 e. The molecule has 0 spiro atoms. The molecule has 2 aliphatic heterocycles. The molecule has 0 radical (unpaired) electrons. The number of likely N-dealkylation sites (tertiary alicyclic amines) is 1. The highest BCUT2D eigenvalue weighted by Gasteiger charge is 2.41. The van der Waals surface area contributed by atoms with Crippen LogP contribution in [0, 0.1) is 11.8 Å². The third kappa shape index (κ3) is 3.91. The summed E-state index contributed by atoms with van der Waals surface area (Å²) in [7, 11) is 0. The molecule has 0 saturated carbocycles. The van der Waals surface area contributed by atoms with Crippen molar-refractivity contribution < 1.29 is 13.9 Å². The summed E-state index contributed by atoms with van der Waals surface area (Å²) in [6.45, 7) is 3.73. The first kappa shape index (κ1) is 16.3. The van der Waals surface area contributed by atoms with E-state index in [0.717, 1.165) is 38.3 Å². The quantitative estimate of drug-likeness (QED) is 0.905. The lowest BCUT2D eigenvalue weighted by Crippen LogP contribution is -2.41. The van der Waals surface area contributed by atoms with Crippen LogP contribution in [-0.2, 0) is 16.1 Å². The SMILES string of the molecule is O=C(C[C@@H]1OC[C@H]2CN(Cc3ccoc3)CC[C@H]21)Nc1cccnc1. The number of hydrogen-bond acceptors (Lipinski definition) is 5. The van der Waals surface area contributed by atoms with Crippen molar-refractivity contribution in [1.29, 1.82) is 0 Å². The number of furan rings is 1. The smallest absolute Gasteiger partial charge is 0.227 e. The third-order valence-corrected chi connectivity index (χ3v) is 5.20. The molecule has 4 rings (SSSR count). The van der Waals surface area contributed by atoms with Gasteiger partial charge >= 0.3 is 0 Å². The number of amides is 1. The first-order chi connectivity index (χ1) is 12.3. The molecule has 2 aromatic heterocycles. The van der Waals surface area contributed by atoms with Gasteiger partial charge < -0.3 is 14.5 Å². The van der Waals surface area contributed by atoms with E-state index < -0.39 is 0 Å². The summed E-state index contributed by atoms with van der Waals surface area (Å²) in [5.74, 6) is 0.983. The highest BCUT2D eigenvalue weighted by Crippen LogP contribution is 2.36. The fourth-order valence-corrected chi connectivity index (χ4v) is 3.99. The highest BCUT2D eigenvalue weighted by atomic mass is 16.5. The second-order valence-electron chi connectivity index (χ2n) is 6.95. The van der Waals surface area contributed by atoms with Gasteiger partial charge in [0.1, 0.15) is 0 Å². The van der Waals surface area contributed by atoms with Crippen molar-refractivity contribution >= 4 is 11.6 Å². The van der Waals surface area contributed by atoms with Gasteiger partial charge in [0.05, 0.1) is 43.5 Å². The summed E-state index contributed by atoms with van der Waals surface area (Å²) in [6.07, 6.45) is 8.39. The second-order valence-corrected chi connectivity index (χ2v) is 6.95. The number of nitrogens with one attached hydrogen (secondary N) is 1. The van der Waals surface area contributed by atoms with Crippen LogP contribution in [0.15, 0.2) is 47.5 Å². The molecule has 2 saturated heterocycles. The number of rotatable bonds is 5. The molecule has 2 aromatic rings. The number of ether oxygens (including phenoxy) is 1. The average molecular weight is 341 g/mol. The van der Waals surface area contributed by atoms with E-state index >= 15 is 0 Å². The van der Waals surface area contributed by atoms with Gasteiger partial charge in [-0.1, -0.05) is 0 Å². The lowest BCUT2D eigenvalue weighted by Gasteiger charge is -2.35. The number of hydrogen-bond donors (Lipinski definition) is 1. The molecule has 6 heteroatoms. The van der Waals surface area contributed by atoms with Crippen molar-refractivity contribution in [2.75, 3.05) is 25.0 Å². The molecule has 6 nitrogen and oxygen atoms in total. The summed E-state index contributed by atoms with van der Waals surface area (Å²) in [4.78, 5) is 18.7. The number of anilines is 1.